The fourth-order valence-corrected chi connectivity index (χ4v) is 2.00. The third-order valence-electron chi connectivity index (χ3n) is 3.07. The van der Waals surface area contributed by atoms with E-state index in [1.165, 1.54) is 0 Å². The number of nitrogens with one attached hydrogen (secondary N) is 2. The summed E-state index contributed by atoms with van der Waals surface area (Å²) >= 11 is 0. The molecule has 0 atom stereocenters. The van der Waals surface area contributed by atoms with Crippen molar-refractivity contribution in [3.8, 4) is 0 Å². The third-order valence-corrected chi connectivity index (χ3v) is 3.07. The predicted octanol–water partition coefficient (Wildman–Crippen LogP) is -1.01. The van der Waals surface area contributed by atoms with Crippen LogP contribution in [-0.4, -0.2) is 56.0 Å². The Balaban J connectivity index is 1.95. The Morgan fingerprint density at radius 3 is 2.63 bits per heavy atom. The first-order valence-corrected chi connectivity index (χ1v) is 6.81. The maximum absolute atomic E-state index is 11.8. The summed E-state index contributed by atoms with van der Waals surface area (Å²) in [6.45, 7) is 3.90. The van der Waals surface area contributed by atoms with Crippen molar-refractivity contribution in [3.05, 3.63) is 0 Å². The minimum absolute atomic E-state index is 0.110. The van der Waals surface area contributed by atoms with Gasteiger partial charge in [-0.1, -0.05) is 6.42 Å². The summed E-state index contributed by atoms with van der Waals surface area (Å²) in [5, 5.41) is 5.91. The molecule has 1 fully saturated rings. The highest BCUT2D eigenvalue weighted by molar-refractivity contribution is 5.77. The quantitative estimate of drug-likeness (QED) is 0.388. The standard InChI is InChI=1S/C12H24N4O3/c13-19-10-11(17)15-5-3-1-2-4-12(18)16-8-6-14-7-9-16/h14H,1-10,13H2,(H,15,17). The van der Waals surface area contributed by atoms with E-state index in [1.807, 2.05) is 4.90 Å². The number of hydrogen-bond donors (Lipinski definition) is 3. The second-order valence-electron chi connectivity index (χ2n) is 4.60. The van der Waals surface area contributed by atoms with Gasteiger partial charge in [0, 0.05) is 39.1 Å². The van der Waals surface area contributed by atoms with Crippen LogP contribution < -0.4 is 16.5 Å². The SMILES string of the molecule is NOCC(=O)NCCCCCC(=O)N1CCNCC1. The van der Waals surface area contributed by atoms with Crippen LogP contribution in [0.4, 0.5) is 0 Å². The van der Waals surface area contributed by atoms with Crippen molar-refractivity contribution >= 4 is 11.8 Å². The molecule has 0 unspecified atom stereocenters. The van der Waals surface area contributed by atoms with Gasteiger partial charge in [0.25, 0.3) is 0 Å². The molecule has 0 spiro atoms. The second kappa shape index (κ2) is 9.71. The highest BCUT2D eigenvalue weighted by Crippen LogP contribution is 2.04. The molecule has 7 nitrogen and oxygen atoms in total. The summed E-state index contributed by atoms with van der Waals surface area (Å²) in [5.74, 6) is 4.81. The van der Waals surface area contributed by atoms with E-state index in [0.29, 0.717) is 13.0 Å². The zero-order valence-electron chi connectivity index (χ0n) is 11.3. The second-order valence-corrected chi connectivity index (χ2v) is 4.60. The van der Waals surface area contributed by atoms with Crippen molar-refractivity contribution in [2.24, 2.45) is 5.90 Å². The Kier molecular flexibility index (Phi) is 8.11. The van der Waals surface area contributed by atoms with E-state index >= 15 is 0 Å². The van der Waals surface area contributed by atoms with Crippen molar-refractivity contribution in [1.82, 2.24) is 15.5 Å². The molecule has 19 heavy (non-hydrogen) atoms. The number of amides is 2. The largest absolute Gasteiger partial charge is 0.354 e. The van der Waals surface area contributed by atoms with Crippen molar-refractivity contribution in [3.63, 3.8) is 0 Å². The number of rotatable bonds is 8. The molecule has 1 aliphatic heterocycles. The minimum Gasteiger partial charge on any atom is -0.354 e. The number of unbranched alkanes of at least 4 members (excludes halogenated alkanes) is 2. The van der Waals surface area contributed by atoms with Crippen LogP contribution in [0.3, 0.4) is 0 Å². The Morgan fingerprint density at radius 2 is 1.95 bits per heavy atom. The van der Waals surface area contributed by atoms with E-state index in [0.717, 1.165) is 45.4 Å². The molecule has 0 aromatic carbocycles. The van der Waals surface area contributed by atoms with Gasteiger partial charge in [-0.25, -0.2) is 5.90 Å². The third kappa shape index (κ3) is 7.09. The molecule has 1 heterocycles. The van der Waals surface area contributed by atoms with Gasteiger partial charge in [-0.15, -0.1) is 0 Å². The lowest BCUT2D eigenvalue weighted by Gasteiger charge is -2.27. The lowest BCUT2D eigenvalue weighted by molar-refractivity contribution is -0.132. The van der Waals surface area contributed by atoms with Gasteiger partial charge in [0.2, 0.25) is 11.8 Å². The fraction of sp³-hybridized carbons (Fsp3) is 0.833. The van der Waals surface area contributed by atoms with Crippen molar-refractivity contribution in [2.45, 2.75) is 25.7 Å². The van der Waals surface area contributed by atoms with Gasteiger partial charge in [0.15, 0.2) is 0 Å². The first kappa shape index (κ1) is 15.9. The molecule has 0 aromatic heterocycles. The number of carbonyl (C=O) groups excluding carboxylic acids is 2. The lowest BCUT2D eigenvalue weighted by Crippen LogP contribution is -2.46. The molecule has 110 valence electrons. The Hall–Kier alpha value is -1.18. The Morgan fingerprint density at radius 1 is 1.21 bits per heavy atom. The molecule has 0 saturated carbocycles. The van der Waals surface area contributed by atoms with Crippen LogP contribution in [0.5, 0.6) is 0 Å². The highest BCUT2D eigenvalue weighted by atomic mass is 16.6. The Bertz CT molecular complexity index is 280. The predicted molar refractivity (Wildman–Crippen MR) is 71.1 cm³/mol. The molecule has 0 bridgehead atoms. The summed E-state index contributed by atoms with van der Waals surface area (Å²) in [6, 6.07) is 0. The number of piperazine rings is 1. The van der Waals surface area contributed by atoms with Crippen molar-refractivity contribution < 1.29 is 14.4 Å². The first-order chi connectivity index (χ1) is 9.24. The molecule has 7 heteroatoms. The van der Waals surface area contributed by atoms with Gasteiger partial charge in [-0.05, 0) is 12.8 Å². The summed E-state index contributed by atoms with van der Waals surface area (Å²) in [4.78, 5) is 29.0. The van der Waals surface area contributed by atoms with E-state index in [2.05, 4.69) is 15.5 Å². The van der Waals surface area contributed by atoms with Crippen LogP contribution in [0.25, 0.3) is 0 Å². The van der Waals surface area contributed by atoms with Gasteiger partial charge in [0.1, 0.15) is 6.61 Å². The van der Waals surface area contributed by atoms with Gasteiger partial charge in [-0.3, -0.25) is 14.4 Å². The van der Waals surface area contributed by atoms with Crippen molar-refractivity contribution in [1.29, 1.82) is 0 Å². The normalized spacial score (nSPS) is 15.3. The summed E-state index contributed by atoms with van der Waals surface area (Å²) in [7, 11) is 0. The maximum atomic E-state index is 11.8. The fourth-order valence-electron chi connectivity index (χ4n) is 2.00. The summed E-state index contributed by atoms with van der Waals surface area (Å²) < 4.78 is 0. The van der Waals surface area contributed by atoms with Crippen LogP contribution in [0, 0.1) is 0 Å². The number of nitrogens with zero attached hydrogens (tertiary/aromatic N) is 1. The molecule has 1 saturated heterocycles. The molecule has 0 radical (unpaired) electrons. The summed E-state index contributed by atoms with van der Waals surface area (Å²) in [5.41, 5.74) is 0. The summed E-state index contributed by atoms with van der Waals surface area (Å²) in [6.07, 6.45) is 3.26. The zero-order valence-corrected chi connectivity index (χ0v) is 11.3. The average Bonchev–Trinajstić information content (AvgIpc) is 2.43. The highest BCUT2D eigenvalue weighted by Gasteiger charge is 2.14. The number of carbonyl (C=O) groups is 2. The molecule has 0 aromatic rings. The van der Waals surface area contributed by atoms with Gasteiger partial charge < -0.3 is 15.5 Å². The molecule has 1 rings (SSSR count). The van der Waals surface area contributed by atoms with E-state index in [1.54, 1.807) is 0 Å². The first-order valence-electron chi connectivity index (χ1n) is 6.81. The van der Waals surface area contributed by atoms with Crippen LogP contribution in [0.2, 0.25) is 0 Å². The van der Waals surface area contributed by atoms with E-state index in [-0.39, 0.29) is 18.4 Å². The number of hydrogen-bond acceptors (Lipinski definition) is 5. The molecule has 0 aliphatic carbocycles. The zero-order chi connectivity index (χ0) is 13.9. The molecule has 1 aliphatic rings. The topological polar surface area (TPSA) is 96.7 Å². The molecular weight excluding hydrogens is 248 g/mol. The molecular formula is C12H24N4O3. The van der Waals surface area contributed by atoms with E-state index < -0.39 is 0 Å². The minimum atomic E-state index is -0.209. The van der Waals surface area contributed by atoms with Crippen LogP contribution >= 0.6 is 0 Å². The van der Waals surface area contributed by atoms with Crippen molar-refractivity contribution in [2.75, 3.05) is 39.3 Å². The van der Waals surface area contributed by atoms with Crippen LogP contribution in [0.15, 0.2) is 0 Å². The number of nitrogens with two attached hydrogens (primary N) is 1. The van der Waals surface area contributed by atoms with Gasteiger partial charge in [-0.2, -0.15) is 0 Å². The lowest BCUT2D eigenvalue weighted by atomic mass is 10.1. The maximum Gasteiger partial charge on any atom is 0.248 e. The van der Waals surface area contributed by atoms with Gasteiger partial charge >= 0.3 is 0 Å². The van der Waals surface area contributed by atoms with Gasteiger partial charge in [0.05, 0.1) is 0 Å². The van der Waals surface area contributed by atoms with E-state index in [9.17, 15) is 9.59 Å². The molecule has 2 amide bonds. The monoisotopic (exact) mass is 272 g/mol. The average molecular weight is 272 g/mol. The Labute approximate surface area is 113 Å². The molecule has 4 N–H and O–H groups in total. The van der Waals surface area contributed by atoms with Crippen LogP contribution in [-0.2, 0) is 14.4 Å². The van der Waals surface area contributed by atoms with Crippen LogP contribution in [0.1, 0.15) is 25.7 Å². The smallest absolute Gasteiger partial charge is 0.248 e. The van der Waals surface area contributed by atoms with E-state index in [4.69, 9.17) is 5.90 Å².